The number of carbonyl (C=O) groups is 2. The van der Waals surface area contributed by atoms with E-state index in [1.165, 1.54) is 10.0 Å². The van der Waals surface area contributed by atoms with Crippen LogP contribution in [0.3, 0.4) is 0 Å². The molecule has 3 aromatic rings. The number of ether oxygens (including phenoxy) is 2. The third-order valence-electron chi connectivity index (χ3n) is 5.13. The molecule has 0 aromatic heterocycles. The summed E-state index contributed by atoms with van der Waals surface area (Å²) in [5.74, 6) is 0.271. The van der Waals surface area contributed by atoms with Crippen LogP contribution in [0.2, 0.25) is 0 Å². The number of fused-ring (bicyclic) bond motifs is 2. The van der Waals surface area contributed by atoms with Crippen LogP contribution in [0.5, 0.6) is 0 Å². The van der Waals surface area contributed by atoms with Gasteiger partial charge in [0.15, 0.2) is 5.84 Å². The van der Waals surface area contributed by atoms with Gasteiger partial charge in [-0.25, -0.2) is 14.6 Å². The molecule has 0 aliphatic carbocycles. The van der Waals surface area contributed by atoms with E-state index >= 15 is 0 Å². The van der Waals surface area contributed by atoms with E-state index in [2.05, 4.69) is 0 Å². The first kappa shape index (κ1) is 24.3. The van der Waals surface area contributed by atoms with Crippen molar-refractivity contribution >= 4 is 40.2 Å². The van der Waals surface area contributed by atoms with Gasteiger partial charge >= 0.3 is 12.2 Å². The van der Waals surface area contributed by atoms with Gasteiger partial charge in [-0.1, -0.05) is 42.5 Å². The molecule has 3 aromatic carbocycles. The predicted molar refractivity (Wildman–Crippen MR) is 138 cm³/mol. The third-order valence-corrected chi connectivity index (χ3v) is 5.13. The minimum atomic E-state index is -0.794. The SMILES string of the molecule is Cc1ccc2c(c1)N(C(=O)OC(C)(C)C)N(C(=O)OC(C)(C)C)C(c1ccc3ccccc3c1)=N2. The summed E-state index contributed by atoms with van der Waals surface area (Å²) in [5.41, 5.74) is 0.982. The summed E-state index contributed by atoms with van der Waals surface area (Å²) in [7, 11) is 0. The van der Waals surface area contributed by atoms with Gasteiger partial charge in [-0.15, -0.1) is 0 Å². The van der Waals surface area contributed by atoms with Crippen LogP contribution in [0, 0.1) is 6.92 Å². The number of hydrazine groups is 1. The van der Waals surface area contributed by atoms with Crippen molar-refractivity contribution in [3.8, 4) is 0 Å². The molecule has 4 rings (SSSR count). The predicted octanol–water partition coefficient (Wildman–Crippen LogP) is 7.13. The maximum absolute atomic E-state index is 13.6. The van der Waals surface area contributed by atoms with Gasteiger partial charge in [0.2, 0.25) is 0 Å². The van der Waals surface area contributed by atoms with Gasteiger partial charge in [-0.05, 0) is 83.0 Å². The van der Waals surface area contributed by atoms with E-state index in [1.54, 1.807) is 47.6 Å². The highest BCUT2D eigenvalue weighted by molar-refractivity contribution is 6.15. The van der Waals surface area contributed by atoms with Crippen LogP contribution in [-0.4, -0.2) is 34.2 Å². The number of aryl methyl sites for hydroxylation is 1. The summed E-state index contributed by atoms with van der Waals surface area (Å²) in [6.07, 6.45) is -1.44. The van der Waals surface area contributed by atoms with Crippen molar-refractivity contribution in [3.05, 3.63) is 71.8 Å². The zero-order valence-corrected chi connectivity index (χ0v) is 21.2. The summed E-state index contributed by atoms with van der Waals surface area (Å²) < 4.78 is 11.5. The van der Waals surface area contributed by atoms with E-state index in [1.807, 2.05) is 61.5 Å². The van der Waals surface area contributed by atoms with Crippen LogP contribution in [0.25, 0.3) is 10.8 Å². The summed E-state index contributed by atoms with van der Waals surface area (Å²) in [5, 5.41) is 4.43. The minimum absolute atomic E-state index is 0.271. The fourth-order valence-corrected chi connectivity index (χ4v) is 3.74. The van der Waals surface area contributed by atoms with Crippen molar-refractivity contribution in [2.45, 2.75) is 59.7 Å². The summed E-state index contributed by atoms with van der Waals surface area (Å²) in [6.45, 7) is 12.6. The standard InChI is InChI=1S/C28H31N3O4/c1-18-12-15-22-23(16-18)30(25(32)34-27(2,3)4)31(26(33)35-28(5,6)7)24(29-22)21-14-13-19-10-8-9-11-20(19)17-21/h8-17H,1-7H3. The van der Waals surface area contributed by atoms with E-state index in [-0.39, 0.29) is 5.84 Å². The molecule has 7 heteroatoms. The van der Waals surface area contributed by atoms with Gasteiger partial charge in [-0.3, -0.25) is 0 Å². The fraction of sp³-hybridized carbons (Fsp3) is 0.321. The number of carbonyl (C=O) groups excluding carboxylic acids is 2. The Bertz CT molecular complexity index is 1330. The van der Waals surface area contributed by atoms with E-state index in [9.17, 15) is 9.59 Å². The maximum Gasteiger partial charge on any atom is 0.436 e. The Balaban J connectivity index is 1.94. The highest BCUT2D eigenvalue weighted by Gasteiger charge is 2.41. The van der Waals surface area contributed by atoms with Gasteiger partial charge in [0, 0.05) is 5.56 Å². The van der Waals surface area contributed by atoms with E-state index in [0.717, 1.165) is 16.3 Å². The summed E-state index contributed by atoms with van der Waals surface area (Å²) in [6, 6.07) is 19.2. The first-order chi connectivity index (χ1) is 16.3. The van der Waals surface area contributed by atoms with Crippen molar-refractivity contribution < 1.29 is 19.1 Å². The Morgan fingerprint density at radius 2 is 1.34 bits per heavy atom. The Labute approximate surface area is 205 Å². The Hall–Kier alpha value is -3.87. The van der Waals surface area contributed by atoms with Crippen molar-refractivity contribution in [2.75, 3.05) is 5.01 Å². The number of anilines is 1. The number of hydrogen-bond donors (Lipinski definition) is 0. The number of hydrogen-bond acceptors (Lipinski definition) is 5. The average Bonchev–Trinajstić information content (AvgIpc) is 2.75. The second kappa shape index (κ2) is 8.73. The van der Waals surface area contributed by atoms with Gasteiger partial charge in [0.25, 0.3) is 0 Å². The summed E-state index contributed by atoms with van der Waals surface area (Å²) >= 11 is 0. The highest BCUT2D eigenvalue weighted by atomic mass is 16.6. The van der Waals surface area contributed by atoms with Crippen LogP contribution in [-0.2, 0) is 9.47 Å². The van der Waals surface area contributed by atoms with Crippen LogP contribution in [0.1, 0.15) is 52.7 Å². The monoisotopic (exact) mass is 473 g/mol. The van der Waals surface area contributed by atoms with E-state index < -0.39 is 23.4 Å². The topological polar surface area (TPSA) is 71.4 Å². The lowest BCUT2D eigenvalue weighted by atomic mass is 10.1. The first-order valence-corrected chi connectivity index (χ1v) is 11.6. The molecule has 0 radical (unpaired) electrons. The molecule has 2 amide bonds. The molecule has 0 atom stereocenters. The van der Waals surface area contributed by atoms with Crippen molar-refractivity contribution in [3.63, 3.8) is 0 Å². The maximum atomic E-state index is 13.6. The lowest BCUT2D eigenvalue weighted by molar-refractivity contribution is 0.0256. The Morgan fingerprint density at radius 1 is 0.743 bits per heavy atom. The van der Waals surface area contributed by atoms with Crippen LogP contribution >= 0.6 is 0 Å². The molecule has 1 aliphatic heterocycles. The van der Waals surface area contributed by atoms with Gasteiger partial charge < -0.3 is 9.47 Å². The number of benzene rings is 3. The van der Waals surface area contributed by atoms with E-state index in [4.69, 9.17) is 14.5 Å². The minimum Gasteiger partial charge on any atom is -0.442 e. The smallest absolute Gasteiger partial charge is 0.436 e. The molecule has 0 N–H and O–H groups in total. The number of aliphatic imine (C=N–C) groups is 1. The Kier molecular flexibility index (Phi) is 6.05. The quantitative estimate of drug-likeness (QED) is 0.377. The van der Waals surface area contributed by atoms with Crippen LogP contribution in [0.4, 0.5) is 21.0 Å². The second-order valence-corrected chi connectivity index (χ2v) is 10.6. The van der Waals surface area contributed by atoms with E-state index in [0.29, 0.717) is 16.9 Å². The second-order valence-electron chi connectivity index (χ2n) is 10.6. The number of amides is 2. The van der Waals surface area contributed by atoms with Crippen molar-refractivity contribution in [1.82, 2.24) is 5.01 Å². The largest absolute Gasteiger partial charge is 0.442 e. The molecular weight excluding hydrogens is 442 g/mol. The van der Waals surface area contributed by atoms with Crippen LogP contribution < -0.4 is 5.01 Å². The van der Waals surface area contributed by atoms with Crippen molar-refractivity contribution in [1.29, 1.82) is 0 Å². The van der Waals surface area contributed by atoms with Crippen LogP contribution in [0.15, 0.2) is 65.7 Å². The normalized spacial score (nSPS) is 13.9. The number of nitrogens with zero attached hydrogens (tertiary/aromatic N) is 3. The number of rotatable bonds is 1. The average molecular weight is 474 g/mol. The molecule has 0 saturated heterocycles. The molecule has 1 aliphatic rings. The molecule has 0 bridgehead atoms. The molecule has 1 heterocycles. The molecule has 182 valence electrons. The van der Waals surface area contributed by atoms with Gasteiger partial charge in [0.1, 0.15) is 11.2 Å². The lowest BCUT2D eigenvalue weighted by Crippen LogP contribution is -2.57. The molecule has 0 spiro atoms. The highest BCUT2D eigenvalue weighted by Crippen LogP contribution is 2.38. The Morgan fingerprint density at radius 3 is 1.97 bits per heavy atom. The molecular formula is C28H31N3O4. The fourth-order valence-electron chi connectivity index (χ4n) is 3.74. The molecule has 0 fully saturated rings. The third kappa shape index (κ3) is 5.29. The zero-order valence-electron chi connectivity index (χ0n) is 21.2. The van der Waals surface area contributed by atoms with Crippen molar-refractivity contribution in [2.24, 2.45) is 4.99 Å². The molecule has 35 heavy (non-hydrogen) atoms. The summed E-state index contributed by atoms with van der Waals surface area (Å²) in [4.78, 5) is 32.0. The first-order valence-electron chi connectivity index (χ1n) is 11.6. The van der Waals surface area contributed by atoms with Gasteiger partial charge in [-0.2, -0.15) is 10.0 Å². The molecule has 7 nitrogen and oxygen atoms in total. The zero-order chi connectivity index (χ0) is 25.5. The van der Waals surface area contributed by atoms with Gasteiger partial charge in [0.05, 0.1) is 11.4 Å². The molecule has 0 saturated carbocycles. The molecule has 0 unspecified atom stereocenters. The number of amidine groups is 1. The lowest BCUT2D eigenvalue weighted by Gasteiger charge is -2.39.